The van der Waals surface area contributed by atoms with E-state index in [0.29, 0.717) is 23.6 Å². The van der Waals surface area contributed by atoms with Crippen molar-refractivity contribution < 1.29 is 17.4 Å². The van der Waals surface area contributed by atoms with Crippen molar-refractivity contribution in [2.75, 3.05) is 6.26 Å². The molecule has 176 valence electrons. The highest BCUT2D eigenvalue weighted by molar-refractivity contribution is 7.86. The lowest BCUT2D eigenvalue weighted by molar-refractivity contribution is -0.147. The van der Waals surface area contributed by atoms with E-state index < -0.39 is 10.1 Å². The molecule has 1 saturated heterocycles. The van der Waals surface area contributed by atoms with Crippen LogP contribution in [0.3, 0.4) is 0 Å². The molecule has 1 saturated carbocycles. The Morgan fingerprint density at radius 3 is 2.66 bits per heavy atom. The van der Waals surface area contributed by atoms with Crippen molar-refractivity contribution in [3.05, 3.63) is 30.0 Å². The molecule has 4 atom stereocenters. The predicted molar refractivity (Wildman–Crippen MR) is 127 cm³/mol. The number of hydrogen-bond acceptors (Lipinski definition) is 4. The summed E-state index contributed by atoms with van der Waals surface area (Å²) in [4.78, 5) is 18.9. The molecule has 6 nitrogen and oxygen atoms in total. The Kier molecular flexibility index (Phi) is 5.63. The fourth-order valence-electron chi connectivity index (χ4n) is 6.83. The number of fused-ring (bicyclic) bond motifs is 3. The van der Waals surface area contributed by atoms with Crippen LogP contribution < -0.4 is 4.18 Å². The second kappa shape index (κ2) is 7.79. The van der Waals surface area contributed by atoms with E-state index in [1.807, 2.05) is 19.2 Å². The predicted octanol–water partition coefficient (Wildman–Crippen LogP) is 5.21. The molecule has 2 heterocycles. The fourth-order valence-corrected chi connectivity index (χ4v) is 7.29. The third kappa shape index (κ3) is 4.54. The Bertz CT molecular complexity index is 1130. The highest BCUT2D eigenvalue weighted by Crippen LogP contribution is 2.53. The normalized spacial score (nSPS) is 28.5. The monoisotopic (exact) mass is 460 g/mol. The van der Waals surface area contributed by atoms with Gasteiger partial charge in [-0.25, -0.2) is 0 Å². The second-order valence-electron chi connectivity index (χ2n) is 11.4. The Hall–Kier alpha value is -2.02. The van der Waals surface area contributed by atoms with Crippen LogP contribution >= 0.6 is 0 Å². The number of hydrogen-bond donors (Lipinski definition) is 1. The van der Waals surface area contributed by atoms with Crippen LogP contribution in [0.5, 0.6) is 5.75 Å². The molecule has 0 radical (unpaired) electrons. The molecule has 2 aliphatic rings. The van der Waals surface area contributed by atoms with E-state index in [4.69, 9.17) is 4.18 Å². The van der Waals surface area contributed by atoms with Gasteiger partial charge in [0.05, 0.1) is 6.26 Å². The van der Waals surface area contributed by atoms with Gasteiger partial charge in [-0.1, -0.05) is 33.8 Å². The van der Waals surface area contributed by atoms with Gasteiger partial charge in [-0.15, -0.1) is 0 Å². The number of carbonyl (C=O) groups excluding carboxylic acids is 1. The number of carbonyl (C=O) groups is 1. The summed E-state index contributed by atoms with van der Waals surface area (Å²) in [5, 5.41) is 0.733. The minimum absolute atomic E-state index is 0.0716. The molecule has 1 amide bonds. The standard InChI is InChI=1S/C25H36N2O4S/c1-16(19-14-26-20-8-7-9-21(23(19)20)31-32(6,29)30)10-22(28)27-17(2)11-25(5)13-18(27)12-24(3,4)15-25/h7-9,14,16-18,26H,10-13,15H2,1-6H3. The summed E-state index contributed by atoms with van der Waals surface area (Å²) in [5.74, 6) is 0.417. The van der Waals surface area contributed by atoms with E-state index in [2.05, 4.69) is 37.6 Å². The van der Waals surface area contributed by atoms with Gasteiger partial charge in [-0.2, -0.15) is 8.42 Å². The number of amides is 1. The average molecular weight is 461 g/mol. The number of aromatic nitrogens is 1. The Labute approximate surface area is 191 Å². The first-order valence-electron chi connectivity index (χ1n) is 11.6. The smallest absolute Gasteiger partial charge is 0.306 e. The van der Waals surface area contributed by atoms with Crippen LogP contribution in [0.15, 0.2) is 24.4 Å². The van der Waals surface area contributed by atoms with E-state index in [1.165, 1.54) is 6.42 Å². The van der Waals surface area contributed by atoms with Gasteiger partial charge in [-0.05, 0) is 67.1 Å². The minimum atomic E-state index is -3.65. The van der Waals surface area contributed by atoms with E-state index in [9.17, 15) is 13.2 Å². The van der Waals surface area contributed by atoms with Gasteiger partial charge in [0, 0.05) is 35.6 Å². The molecule has 0 spiro atoms. The third-order valence-corrected chi connectivity index (χ3v) is 7.80. The SMILES string of the molecule is CC(CC(=O)N1C(C)CC2(C)CC1CC(C)(C)C2)c1c[nH]c2cccc(OS(C)(=O)=O)c12. The molecular weight excluding hydrogens is 424 g/mol. The lowest BCUT2D eigenvalue weighted by atomic mass is 9.58. The zero-order valence-corrected chi connectivity index (χ0v) is 20.9. The molecule has 7 heteroatoms. The Balaban J connectivity index is 1.59. The van der Waals surface area contributed by atoms with Gasteiger partial charge < -0.3 is 14.1 Å². The highest BCUT2D eigenvalue weighted by Gasteiger charge is 2.49. The number of likely N-dealkylation sites (tertiary alicyclic amines) is 1. The summed E-state index contributed by atoms with van der Waals surface area (Å²) in [6.45, 7) is 11.3. The number of nitrogens with one attached hydrogen (secondary N) is 1. The summed E-state index contributed by atoms with van der Waals surface area (Å²) < 4.78 is 28.8. The maximum Gasteiger partial charge on any atom is 0.306 e. The summed E-state index contributed by atoms with van der Waals surface area (Å²) in [7, 11) is -3.65. The van der Waals surface area contributed by atoms with E-state index >= 15 is 0 Å². The zero-order valence-electron chi connectivity index (χ0n) is 20.1. The maximum absolute atomic E-state index is 13.6. The van der Waals surface area contributed by atoms with Crippen LogP contribution in [-0.2, 0) is 14.9 Å². The third-order valence-electron chi connectivity index (χ3n) is 7.32. The van der Waals surface area contributed by atoms with Gasteiger partial charge in [0.25, 0.3) is 0 Å². The first-order valence-corrected chi connectivity index (χ1v) is 13.4. The van der Waals surface area contributed by atoms with E-state index in [0.717, 1.165) is 42.0 Å². The van der Waals surface area contributed by atoms with Crippen molar-refractivity contribution >= 4 is 26.9 Å². The van der Waals surface area contributed by atoms with Crippen LogP contribution in [0.1, 0.15) is 78.2 Å². The molecule has 2 aromatic rings. The van der Waals surface area contributed by atoms with Crippen molar-refractivity contribution in [1.82, 2.24) is 9.88 Å². The van der Waals surface area contributed by atoms with Crippen molar-refractivity contribution in [2.24, 2.45) is 10.8 Å². The molecule has 2 bridgehead atoms. The largest absolute Gasteiger partial charge is 0.382 e. The number of benzene rings is 1. The number of piperidine rings is 1. The van der Waals surface area contributed by atoms with E-state index in [1.54, 1.807) is 12.1 Å². The van der Waals surface area contributed by atoms with Crippen LogP contribution in [0.4, 0.5) is 0 Å². The topological polar surface area (TPSA) is 79.5 Å². The second-order valence-corrected chi connectivity index (χ2v) is 13.0. The van der Waals surface area contributed by atoms with Gasteiger partial charge >= 0.3 is 10.1 Å². The average Bonchev–Trinajstić information content (AvgIpc) is 3.02. The lowest BCUT2D eigenvalue weighted by Crippen LogP contribution is -2.58. The van der Waals surface area contributed by atoms with Gasteiger partial charge in [0.2, 0.25) is 5.91 Å². The summed E-state index contributed by atoms with van der Waals surface area (Å²) in [5.41, 5.74) is 2.27. The van der Waals surface area contributed by atoms with Crippen LogP contribution in [0.2, 0.25) is 0 Å². The zero-order chi connectivity index (χ0) is 23.5. The molecule has 1 aromatic heterocycles. The molecule has 4 rings (SSSR count). The van der Waals surface area contributed by atoms with Crippen molar-refractivity contribution in [3.8, 4) is 5.75 Å². The Morgan fingerprint density at radius 2 is 1.97 bits per heavy atom. The molecule has 2 fully saturated rings. The minimum Gasteiger partial charge on any atom is -0.382 e. The highest BCUT2D eigenvalue weighted by atomic mass is 32.2. The molecule has 32 heavy (non-hydrogen) atoms. The quantitative estimate of drug-likeness (QED) is 0.622. The van der Waals surface area contributed by atoms with Gasteiger partial charge in [-0.3, -0.25) is 4.79 Å². The number of H-pyrrole nitrogens is 1. The van der Waals surface area contributed by atoms with Crippen LogP contribution in [-0.4, -0.2) is 42.5 Å². The van der Waals surface area contributed by atoms with Crippen LogP contribution in [0.25, 0.3) is 10.9 Å². The summed E-state index contributed by atoms with van der Waals surface area (Å²) >= 11 is 0. The van der Waals surface area contributed by atoms with Crippen molar-refractivity contribution in [3.63, 3.8) is 0 Å². The van der Waals surface area contributed by atoms with E-state index in [-0.39, 0.29) is 23.3 Å². The van der Waals surface area contributed by atoms with Crippen molar-refractivity contribution in [1.29, 1.82) is 0 Å². The first-order chi connectivity index (χ1) is 14.8. The molecule has 4 unspecified atom stereocenters. The summed E-state index contributed by atoms with van der Waals surface area (Å²) in [6, 6.07) is 5.84. The molecule has 1 aliphatic heterocycles. The molecule has 1 aromatic carbocycles. The lowest BCUT2D eigenvalue weighted by Gasteiger charge is -2.57. The number of nitrogens with zero attached hydrogens (tertiary/aromatic N) is 1. The van der Waals surface area contributed by atoms with Crippen molar-refractivity contribution in [2.45, 2.75) is 84.7 Å². The number of aromatic amines is 1. The van der Waals surface area contributed by atoms with Gasteiger partial charge in [0.1, 0.15) is 0 Å². The number of rotatable bonds is 5. The maximum atomic E-state index is 13.6. The molecule has 1 N–H and O–H groups in total. The molecular formula is C25H36N2O4S. The first kappa shape index (κ1) is 23.1. The van der Waals surface area contributed by atoms with Crippen LogP contribution in [0, 0.1) is 10.8 Å². The Morgan fingerprint density at radius 1 is 1.25 bits per heavy atom. The fraction of sp³-hybridized carbons (Fsp3) is 0.640. The van der Waals surface area contributed by atoms with Gasteiger partial charge in [0.15, 0.2) is 5.75 Å². The summed E-state index contributed by atoms with van der Waals surface area (Å²) in [6.07, 6.45) is 7.70. The molecule has 1 aliphatic carbocycles.